The van der Waals surface area contributed by atoms with Gasteiger partial charge in [0.15, 0.2) is 0 Å². The minimum Gasteiger partial charge on any atom is -0.371 e. The first-order valence-corrected chi connectivity index (χ1v) is 11.3. The van der Waals surface area contributed by atoms with Gasteiger partial charge >= 0.3 is 0 Å². The monoisotopic (exact) mass is 413 g/mol. The Bertz CT molecular complexity index is 1020. The van der Waals surface area contributed by atoms with Gasteiger partial charge in [-0.1, -0.05) is 31.2 Å². The van der Waals surface area contributed by atoms with E-state index in [9.17, 15) is 4.79 Å². The zero-order valence-corrected chi connectivity index (χ0v) is 18.6. The summed E-state index contributed by atoms with van der Waals surface area (Å²) in [5, 5.41) is 12.2. The molecule has 1 heterocycles. The molecule has 0 aromatic heterocycles. The molecule has 31 heavy (non-hydrogen) atoms. The van der Waals surface area contributed by atoms with E-state index in [4.69, 9.17) is 5.26 Å². The summed E-state index contributed by atoms with van der Waals surface area (Å²) in [6.45, 7) is 10.5. The van der Waals surface area contributed by atoms with Gasteiger partial charge in [0.1, 0.15) is 0 Å². The number of rotatable bonds is 5. The van der Waals surface area contributed by atoms with Crippen molar-refractivity contribution in [3.05, 3.63) is 70.8 Å². The van der Waals surface area contributed by atoms with Crippen LogP contribution in [0.15, 0.2) is 43.0 Å². The van der Waals surface area contributed by atoms with Gasteiger partial charge in [-0.3, -0.25) is 4.79 Å². The predicted octanol–water partition coefficient (Wildman–Crippen LogP) is 5.76. The van der Waals surface area contributed by atoms with Gasteiger partial charge < -0.3 is 10.2 Å². The second-order valence-corrected chi connectivity index (χ2v) is 9.04. The van der Waals surface area contributed by atoms with E-state index in [1.165, 1.54) is 11.1 Å². The predicted molar refractivity (Wildman–Crippen MR) is 126 cm³/mol. The maximum atomic E-state index is 12.5. The number of nitrogens with zero attached hydrogens (tertiary/aromatic N) is 2. The molecule has 1 N–H and O–H groups in total. The van der Waals surface area contributed by atoms with E-state index in [2.05, 4.69) is 61.0 Å². The van der Waals surface area contributed by atoms with Crippen LogP contribution in [0.3, 0.4) is 0 Å². The number of piperidine rings is 1. The van der Waals surface area contributed by atoms with Crippen LogP contribution in [0.25, 0.3) is 5.70 Å². The first-order chi connectivity index (χ1) is 15.0. The van der Waals surface area contributed by atoms with Crippen molar-refractivity contribution in [1.29, 1.82) is 5.26 Å². The van der Waals surface area contributed by atoms with E-state index in [0.717, 1.165) is 67.7 Å². The molecule has 1 aliphatic heterocycles. The molecule has 2 aromatic rings. The Kier molecular flexibility index (Phi) is 6.13. The van der Waals surface area contributed by atoms with E-state index in [1.807, 2.05) is 12.1 Å². The summed E-state index contributed by atoms with van der Waals surface area (Å²) in [6.07, 6.45) is 5.31. The molecule has 4 heteroatoms. The molecule has 0 atom stereocenters. The Morgan fingerprint density at radius 3 is 2.32 bits per heavy atom. The number of hydrogen-bond donors (Lipinski definition) is 1. The van der Waals surface area contributed by atoms with Crippen LogP contribution in [-0.2, 0) is 4.79 Å². The number of carbonyl (C=O) groups is 1. The van der Waals surface area contributed by atoms with Crippen LogP contribution in [-0.4, -0.2) is 23.9 Å². The SMILES string of the molecule is C=C(c1cc(NC(=O)C2CCC2)c(C)cc1C)N1CCC(c2ccc(C#N)cc2)CC1. The van der Waals surface area contributed by atoms with Gasteiger partial charge in [0.05, 0.1) is 11.6 Å². The zero-order valence-electron chi connectivity index (χ0n) is 18.6. The summed E-state index contributed by atoms with van der Waals surface area (Å²) in [5.74, 6) is 0.847. The summed E-state index contributed by atoms with van der Waals surface area (Å²) in [7, 11) is 0. The highest BCUT2D eigenvalue weighted by Crippen LogP contribution is 2.34. The van der Waals surface area contributed by atoms with Crippen LogP contribution in [0.1, 0.15) is 65.8 Å². The number of likely N-dealkylation sites (tertiary alicyclic amines) is 1. The molecule has 1 aliphatic carbocycles. The third-order valence-electron chi connectivity index (χ3n) is 7.00. The van der Waals surface area contributed by atoms with Crippen molar-refractivity contribution in [2.45, 2.75) is 51.9 Å². The highest BCUT2D eigenvalue weighted by Gasteiger charge is 2.26. The van der Waals surface area contributed by atoms with Crippen LogP contribution in [0.5, 0.6) is 0 Å². The minimum absolute atomic E-state index is 0.151. The van der Waals surface area contributed by atoms with Crippen LogP contribution < -0.4 is 5.32 Å². The second-order valence-electron chi connectivity index (χ2n) is 9.04. The van der Waals surface area contributed by atoms with Crippen LogP contribution in [0, 0.1) is 31.1 Å². The molecule has 2 aliphatic rings. The first kappa shape index (κ1) is 21.2. The molecule has 1 saturated heterocycles. The van der Waals surface area contributed by atoms with Crippen molar-refractivity contribution in [3.8, 4) is 6.07 Å². The number of nitrogens with one attached hydrogen (secondary N) is 1. The maximum Gasteiger partial charge on any atom is 0.227 e. The van der Waals surface area contributed by atoms with Crippen LogP contribution in [0.4, 0.5) is 5.69 Å². The normalized spacial score (nSPS) is 17.0. The average molecular weight is 414 g/mol. The fourth-order valence-corrected chi connectivity index (χ4v) is 4.69. The number of hydrogen-bond acceptors (Lipinski definition) is 3. The zero-order chi connectivity index (χ0) is 22.0. The van der Waals surface area contributed by atoms with Gasteiger partial charge in [0.25, 0.3) is 0 Å². The van der Waals surface area contributed by atoms with Crippen molar-refractivity contribution in [1.82, 2.24) is 4.90 Å². The number of aryl methyl sites for hydroxylation is 2. The van der Waals surface area contributed by atoms with Gasteiger partial charge in [0.2, 0.25) is 5.91 Å². The maximum absolute atomic E-state index is 12.5. The highest BCUT2D eigenvalue weighted by atomic mass is 16.1. The Morgan fingerprint density at radius 1 is 1.06 bits per heavy atom. The fraction of sp³-hybridized carbons (Fsp3) is 0.407. The molecule has 160 valence electrons. The van der Waals surface area contributed by atoms with Gasteiger partial charge in [-0.2, -0.15) is 5.26 Å². The molecule has 0 radical (unpaired) electrons. The van der Waals surface area contributed by atoms with E-state index in [1.54, 1.807) is 0 Å². The molecular weight excluding hydrogens is 382 g/mol. The first-order valence-electron chi connectivity index (χ1n) is 11.3. The average Bonchev–Trinajstić information content (AvgIpc) is 2.74. The van der Waals surface area contributed by atoms with E-state index < -0.39 is 0 Å². The van der Waals surface area contributed by atoms with Crippen molar-refractivity contribution >= 4 is 17.3 Å². The van der Waals surface area contributed by atoms with Crippen molar-refractivity contribution < 1.29 is 4.79 Å². The fourth-order valence-electron chi connectivity index (χ4n) is 4.69. The van der Waals surface area contributed by atoms with Gasteiger partial charge in [-0.15, -0.1) is 0 Å². The Hall–Kier alpha value is -3.06. The lowest BCUT2D eigenvalue weighted by molar-refractivity contribution is -0.122. The number of benzene rings is 2. The molecular formula is C27H31N3O. The van der Waals surface area contributed by atoms with Crippen LogP contribution in [0.2, 0.25) is 0 Å². The number of anilines is 1. The standard InChI is InChI=1S/C27H31N3O/c1-18-15-19(2)26(29-27(31)24-5-4-6-24)16-25(18)20(3)30-13-11-23(12-14-30)22-9-7-21(17-28)8-10-22/h7-10,15-16,23-24H,3-6,11-14H2,1-2H3,(H,29,31). The van der Waals surface area contributed by atoms with Crippen molar-refractivity contribution in [2.24, 2.45) is 5.92 Å². The molecule has 4 nitrogen and oxygen atoms in total. The number of carbonyl (C=O) groups excluding carboxylic acids is 1. The molecule has 0 bridgehead atoms. The van der Waals surface area contributed by atoms with Crippen molar-refractivity contribution in [2.75, 3.05) is 18.4 Å². The van der Waals surface area contributed by atoms with E-state index >= 15 is 0 Å². The number of amides is 1. The molecule has 1 saturated carbocycles. The smallest absolute Gasteiger partial charge is 0.227 e. The molecule has 0 unspecified atom stereocenters. The Balaban J connectivity index is 1.43. The van der Waals surface area contributed by atoms with Crippen molar-refractivity contribution in [3.63, 3.8) is 0 Å². The molecule has 1 amide bonds. The largest absolute Gasteiger partial charge is 0.371 e. The summed E-state index contributed by atoms with van der Waals surface area (Å²) < 4.78 is 0. The van der Waals surface area contributed by atoms with E-state index in [0.29, 0.717) is 11.5 Å². The summed E-state index contributed by atoms with van der Waals surface area (Å²) in [6, 6.07) is 14.5. The Morgan fingerprint density at radius 2 is 1.74 bits per heavy atom. The molecule has 4 rings (SSSR count). The second kappa shape index (κ2) is 8.98. The summed E-state index contributed by atoms with van der Waals surface area (Å²) >= 11 is 0. The highest BCUT2D eigenvalue weighted by molar-refractivity contribution is 5.94. The van der Waals surface area contributed by atoms with Gasteiger partial charge in [-0.05, 0) is 80.3 Å². The third-order valence-corrected chi connectivity index (χ3v) is 7.00. The molecule has 2 fully saturated rings. The van der Waals surface area contributed by atoms with E-state index in [-0.39, 0.29) is 11.8 Å². The van der Waals surface area contributed by atoms with Gasteiger partial charge in [-0.25, -0.2) is 0 Å². The molecule has 2 aromatic carbocycles. The lowest BCUT2D eigenvalue weighted by Gasteiger charge is -2.35. The third kappa shape index (κ3) is 4.51. The van der Waals surface area contributed by atoms with Gasteiger partial charge in [0, 0.05) is 36.0 Å². The summed E-state index contributed by atoms with van der Waals surface area (Å²) in [5.41, 5.74) is 7.38. The summed E-state index contributed by atoms with van der Waals surface area (Å²) in [4.78, 5) is 14.8. The molecule has 0 spiro atoms. The quantitative estimate of drug-likeness (QED) is 0.677. The lowest BCUT2D eigenvalue weighted by atomic mass is 9.84. The Labute approximate surface area is 185 Å². The minimum atomic E-state index is 0.151. The lowest BCUT2D eigenvalue weighted by Crippen LogP contribution is -2.31. The topological polar surface area (TPSA) is 56.1 Å². The van der Waals surface area contributed by atoms with Crippen LogP contribution >= 0.6 is 0 Å². The number of nitriles is 1.